The van der Waals surface area contributed by atoms with Crippen molar-refractivity contribution in [2.24, 2.45) is 11.7 Å². The molecule has 2 unspecified atom stereocenters. The van der Waals surface area contributed by atoms with E-state index in [4.69, 9.17) is 26.8 Å². The van der Waals surface area contributed by atoms with E-state index >= 15 is 0 Å². The maximum absolute atomic E-state index is 6.52. The first kappa shape index (κ1) is 14.2. The Balaban J connectivity index is 1.81. The zero-order chi connectivity index (χ0) is 14.2. The third kappa shape index (κ3) is 2.54. The molecular weight excluding hydrogens is 274 g/mol. The summed E-state index contributed by atoms with van der Waals surface area (Å²) >= 11 is 6.12. The van der Waals surface area contributed by atoms with Crippen LogP contribution in [0.15, 0.2) is 18.2 Å². The number of ether oxygens (including phenoxy) is 2. The maximum Gasteiger partial charge on any atom is 0.123 e. The Morgan fingerprint density at radius 3 is 2.90 bits per heavy atom. The van der Waals surface area contributed by atoms with Gasteiger partial charge in [0.15, 0.2) is 0 Å². The van der Waals surface area contributed by atoms with Gasteiger partial charge in [-0.1, -0.05) is 11.6 Å². The van der Waals surface area contributed by atoms with Crippen molar-refractivity contribution in [3.05, 3.63) is 28.8 Å². The van der Waals surface area contributed by atoms with Gasteiger partial charge in [0.05, 0.1) is 12.7 Å². The van der Waals surface area contributed by atoms with Crippen LogP contribution in [0.5, 0.6) is 5.75 Å². The lowest BCUT2D eigenvalue weighted by atomic mass is 9.70. The van der Waals surface area contributed by atoms with Crippen molar-refractivity contribution in [1.29, 1.82) is 0 Å². The highest BCUT2D eigenvalue weighted by molar-refractivity contribution is 6.30. The highest BCUT2D eigenvalue weighted by Crippen LogP contribution is 2.47. The van der Waals surface area contributed by atoms with Crippen LogP contribution in [0.3, 0.4) is 0 Å². The molecule has 2 aliphatic rings. The first-order valence-corrected chi connectivity index (χ1v) is 7.74. The molecule has 1 aromatic carbocycles. The molecule has 0 bridgehead atoms. The van der Waals surface area contributed by atoms with Crippen LogP contribution in [0.1, 0.15) is 43.7 Å². The maximum atomic E-state index is 6.52. The first-order chi connectivity index (χ1) is 9.63. The third-order valence-electron chi connectivity index (χ3n) is 4.85. The fraction of sp³-hybridized carbons (Fsp3) is 0.625. The van der Waals surface area contributed by atoms with Gasteiger partial charge in [-0.25, -0.2) is 0 Å². The number of halogens is 1. The van der Waals surface area contributed by atoms with E-state index in [-0.39, 0.29) is 11.6 Å². The standard InChI is InChI=1S/C16H22ClNO2/c1-19-14-4-3-12(17)9-13(14)15(18)11-5-8-20-16(10-11)6-2-7-16/h3-4,9,11,15H,2,5-8,10,18H2,1H3. The molecule has 20 heavy (non-hydrogen) atoms. The number of methoxy groups -OCH3 is 1. The minimum atomic E-state index is -0.0370. The van der Waals surface area contributed by atoms with E-state index in [1.54, 1.807) is 7.11 Å². The zero-order valence-corrected chi connectivity index (χ0v) is 12.7. The molecule has 0 amide bonds. The number of rotatable bonds is 3. The van der Waals surface area contributed by atoms with Gasteiger partial charge in [0.1, 0.15) is 5.75 Å². The van der Waals surface area contributed by atoms with Gasteiger partial charge in [0.2, 0.25) is 0 Å². The molecule has 2 N–H and O–H groups in total. The van der Waals surface area contributed by atoms with Crippen molar-refractivity contribution in [3.63, 3.8) is 0 Å². The number of nitrogens with two attached hydrogens (primary N) is 1. The van der Waals surface area contributed by atoms with Gasteiger partial charge >= 0.3 is 0 Å². The summed E-state index contributed by atoms with van der Waals surface area (Å²) in [6.07, 6.45) is 5.72. The molecule has 0 radical (unpaired) electrons. The SMILES string of the molecule is COc1ccc(Cl)cc1C(N)C1CCOC2(CCC2)C1. The topological polar surface area (TPSA) is 44.5 Å². The summed E-state index contributed by atoms with van der Waals surface area (Å²) in [6.45, 7) is 0.821. The van der Waals surface area contributed by atoms with Crippen molar-refractivity contribution in [2.45, 2.75) is 43.7 Å². The monoisotopic (exact) mass is 295 g/mol. The highest BCUT2D eigenvalue weighted by atomic mass is 35.5. The summed E-state index contributed by atoms with van der Waals surface area (Å²) in [5.74, 6) is 1.27. The van der Waals surface area contributed by atoms with Crippen LogP contribution in [0, 0.1) is 5.92 Å². The summed E-state index contributed by atoms with van der Waals surface area (Å²) in [6, 6.07) is 5.64. The van der Waals surface area contributed by atoms with Gasteiger partial charge in [-0.2, -0.15) is 0 Å². The fourth-order valence-electron chi connectivity index (χ4n) is 3.51. The van der Waals surface area contributed by atoms with Crippen molar-refractivity contribution in [1.82, 2.24) is 0 Å². The van der Waals surface area contributed by atoms with E-state index in [1.807, 2.05) is 18.2 Å². The molecule has 2 atom stereocenters. The molecule has 1 heterocycles. The van der Waals surface area contributed by atoms with E-state index in [9.17, 15) is 0 Å². The molecule has 3 rings (SSSR count). The molecule has 2 fully saturated rings. The Labute approximate surface area is 125 Å². The first-order valence-electron chi connectivity index (χ1n) is 7.36. The quantitative estimate of drug-likeness (QED) is 0.925. The molecule has 4 heteroatoms. The van der Waals surface area contributed by atoms with Gasteiger partial charge in [-0.15, -0.1) is 0 Å². The summed E-state index contributed by atoms with van der Waals surface area (Å²) in [5.41, 5.74) is 7.65. The van der Waals surface area contributed by atoms with Crippen LogP contribution >= 0.6 is 11.6 Å². The molecule has 110 valence electrons. The lowest BCUT2D eigenvalue weighted by Gasteiger charge is -2.48. The van der Waals surface area contributed by atoms with Crippen LogP contribution < -0.4 is 10.5 Å². The molecule has 0 aromatic heterocycles. The third-order valence-corrected chi connectivity index (χ3v) is 5.09. The van der Waals surface area contributed by atoms with E-state index in [0.29, 0.717) is 10.9 Å². The fourth-order valence-corrected chi connectivity index (χ4v) is 3.69. The second-order valence-electron chi connectivity index (χ2n) is 6.05. The predicted octanol–water partition coefficient (Wildman–Crippen LogP) is 3.70. The van der Waals surface area contributed by atoms with Gasteiger partial charge in [0, 0.05) is 23.2 Å². The van der Waals surface area contributed by atoms with E-state index < -0.39 is 0 Å². The van der Waals surface area contributed by atoms with E-state index in [0.717, 1.165) is 30.8 Å². The predicted molar refractivity (Wildman–Crippen MR) is 80.2 cm³/mol. The Hall–Kier alpha value is -0.770. The molecular formula is C16H22ClNO2. The summed E-state index contributed by atoms with van der Waals surface area (Å²) in [4.78, 5) is 0. The van der Waals surface area contributed by atoms with Gasteiger partial charge in [0.25, 0.3) is 0 Å². The van der Waals surface area contributed by atoms with Crippen LogP contribution in [0.4, 0.5) is 0 Å². The number of hydrogen-bond donors (Lipinski definition) is 1. The Bertz CT molecular complexity index is 487. The van der Waals surface area contributed by atoms with Gasteiger partial charge < -0.3 is 15.2 Å². The van der Waals surface area contributed by atoms with Crippen LogP contribution in [0.25, 0.3) is 0 Å². The van der Waals surface area contributed by atoms with Crippen LogP contribution in [-0.2, 0) is 4.74 Å². The largest absolute Gasteiger partial charge is 0.496 e. The molecule has 1 aliphatic carbocycles. The van der Waals surface area contributed by atoms with Crippen molar-refractivity contribution < 1.29 is 9.47 Å². The van der Waals surface area contributed by atoms with E-state index in [2.05, 4.69) is 0 Å². The lowest BCUT2D eigenvalue weighted by molar-refractivity contribution is -0.146. The van der Waals surface area contributed by atoms with Gasteiger partial charge in [-0.05, 0) is 56.2 Å². The minimum absolute atomic E-state index is 0.0370. The Kier molecular flexibility index (Phi) is 3.93. The van der Waals surface area contributed by atoms with Crippen molar-refractivity contribution in [3.8, 4) is 5.75 Å². The van der Waals surface area contributed by atoms with Crippen LogP contribution in [-0.4, -0.2) is 19.3 Å². The second-order valence-corrected chi connectivity index (χ2v) is 6.49. The smallest absolute Gasteiger partial charge is 0.123 e. The molecule has 1 saturated heterocycles. The van der Waals surface area contributed by atoms with Crippen LogP contribution in [0.2, 0.25) is 5.02 Å². The lowest BCUT2D eigenvalue weighted by Crippen LogP contribution is -2.47. The highest BCUT2D eigenvalue weighted by Gasteiger charge is 2.44. The normalized spacial score (nSPS) is 26.1. The summed E-state index contributed by atoms with van der Waals surface area (Å²) in [7, 11) is 1.68. The molecule has 3 nitrogen and oxygen atoms in total. The van der Waals surface area contributed by atoms with Crippen molar-refractivity contribution in [2.75, 3.05) is 13.7 Å². The molecule has 1 saturated carbocycles. The number of hydrogen-bond acceptors (Lipinski definition) is 3. The molecule has 1 aliphatic heterocycles. The average molecular weight is 296 g/mol. The van der Waals surface area contributed by atoms with Crippen molar-refractivity contribution >= 4 is 11.6 Å². The Morgan fingerprint density at radius 1 is 1.45 bits per heavy atom. The van der Waals surface area contributed by atoms with Gasteiger partial charge in [-0.3, -0.25) is 0 Å². The minimum Gasteiger partial charge on any atom is -0.496 e. The summed E-state index contributed by atoms with van der Waals surface area (Å²) < 4.78 is 11.4. The zero-order valence-electron chi connectivity index (χ0n) is 11.9. The second kappa shape index (κ2) is 5.55. The summed E-state index contributed by atoms with van der Waals surface area (Å²) in [5, 5.41) is 0.710. The number of benzene rings is 1. The van der Waals surface area contributed by atoms with E-state index in [1.165, 1.54) is 19.3 Å². The average Bonchev–Trinajstić information content (AvgIpc) is 2.45. The molecule has 1 spiro atoms. The molecule has 1 aromatic rings. The Morgan fingerprint density at radius 2 is 2.25 bits per heavy atom.